The highest BCUT2D eigenvalue weighted by Gasteiger charge is 2.46. The molecule has 0 aliphatic carbocycles. The Morgan fingerprint density at radius 1 is 1.06 bits per heavy atom. The maximum atomic E-state index is 13.3. The first-order valence-electron chi connectivity index (χ1n) is 11.7. The molecule has 182 valence electrons. The van der Waals surface area contributed by atoms with Gasteiger partial charge in [-0.25, -0.2) is 4.68 Å². The minimum atomic E-state index is -0.720. The summed E-state index contributed by atoms with van der Waals surface area (Å²) < 4.78 is 1.70. The number of para-hydroxylation sites is 1. The molecule has 7 nitrogen and oxygen atoms in total. The highest BCUT2D eigenvalue weighted by atomic mass is 35.5. The number of hydrogen-bond donors (Lipinski definition) is 1. The monoisotopic (exact) mass is 492 g/mol. The predicted molar refractivity (Wildman–Crippen MR) is 137 cm³/mol. The maximum Gasteiger partial charge on any atom is 0.295 e. The van der Waals surface area contributed by atoms with Crippen LogP contribution >= 0.6 is 11.6 Å². The van der Waals surface area contributed by atoms with E-state index in [-0.39, 0.29) is 11.3 Å². The van der Waals surface area contributed by atoms with E-state index in [0.29, 0.717) is 34.9 Å². The van der Waals surface area contributed by atoms with Crippen LogP contribution in [-0.4, -0.2) is 62.6 Å². The van der Waals surface area contributed by atoms with Crippen molar-refractivity contribution in [3.63, 3.8) is 0 Å². The molecule has 1 saturated heterocycles. The smallest absolute Gasteiger partial charge is 0.295 e. The molecule has 2 aromatic carbocycles. The SMILES string of the molecule is CCN(CC)CCN1C(=O)C(=O)C(=C(O)c2cnn(-c3ccccc3)c2C)C1c1ccc(Cl)cc1. The number of Topliss-reactive ketones (excluding diaryl/α,β-unsaturated/α-hetero) is 1. The zero-order chi connectivity index (χ0) is 25.1. The minimum Gasteiger partial charge on any atom is -0.507 e. The van der Waals surface area contributed by atoms with E-state index < -0.39 is 17.7 Å². The normalized spacial score (nSPS) is 17.5. The van der Waals surface area contributed by atoms with Crippen LogP contribution in [0.1, 0.15) is 36.7 Å². The molecule has 1 N–H and O–H groups in total. The van der Waals surface area contributed by atoms with E-state index in [1.165, 1.54) is 6.20 Å². The molecule has 35 heavy (non-hydrogen) atoms. The second-order valence-corrected chi connectivity index (χ2v) is 8.90. The van der Waals surface area contributed by atoms with Crippen LogP contribution in [0.4, 0.5) is 0 Å². The van der Waals surface area contributed by atoms with Crippen LogP contribution in [0.5, 0.6) is 0 Å². The van der Waals surface area contributed by atoms with Crippen molar-refractivity contribution in [1.82, 2.24) is 19.6 Å². The summed E-state index contributed by atoms with van der Waals surface area (Å²) in [6, 6.07) is 15.8. The Labute approximate surface area is 210 Å². The zero-order valence-corrected chi connectivity index (χ0v) is 20.9. The third-order valence-corrected chi connectivity index (χ3v) is 6.79. The van der Waals surface area contributed by atoms with E-state index in [1.54, 1.807) is 33.8 Å². The zero-order valence-electron chi connectivity index (χ0n) is 20.1. The molecule has 1 unspecified atom stereocenters. The summed E-state index contributed by atoms with van der Waals surface area (Å²) in [5.41, 5.74) is 2.68. The van der Waals surface area contributed by atoms with Gasteiger partial charge < -0.3 is 14.9 Å². The van der Waals surface area contributed by atoms with E-state index in [0.717, 1.165) is 18.8 Å². The van der Waals surface area contributed by atoms with Gasteiger partial charge in [-0.05, 0) is 49.8 Å². The molecule has 1 amide bonds. The molecule has 1 aliphatic rings. The first-order valence-corrected chi connectivity index (χ1v) is 12.1. The van der Waals surface area contributed by atoms with Crippen LogP contribution in [0.3, 0.4) is 0 Å². The van der Waals surface area contributed by atoms with Gasteiger partial charge in [0.05, 0.1) is 34.8 Å². The number of nitrogens with zero attached hydrogens (tertiary/aromatic N) is 4. The van der Waals surface area contributed by atoms with Gasteiger partial charge in [-0.15, -0.1) is 0 Å². The lowest BCUT2D eigenvalue weighted by Gasteiger charge is -2.28. The lowest BCUT2D eigenvalue weighted by molar-refractivity contribution is -0.140. The number of likely N-dealkylation sites (N-methyl/N-ethyl adjacent to an activating group) is 1. The molecular weight excluding hydrogens is 464 g/mol. The van der Waals surface area contributed by atoms with Gasteiger partial charge in [-0.3, -0.25) is 9.59 Å². The Morgan fingerprint density at radius 2 is 1.71 bits per heavy atom. The molecule has 0 bridgehead atoms. The van der Waals surface area contributed by atoms with Crippen LogP contribution in [0.2, 0.25) is 5.02 Å². The van der Waals surface area contributed by atoms with E-state index in [9.17, 15) is 14.7 Å². The summed E-state index contributed by atoms with van der Waals surface area (Å²) in [5.74, 6) is -1.55. The number of benzene rings is 2. The second kappa shape index (κ2) is 10.5. The largest absolute Gasteiger partial charge is 0.507 e. The maximum absolute atomic E-state index is 13.3. The van der Waals surface area contributed by atoms with Gasteiger partial charge in [0.15, 0.2) is 0 Å². The molecule has 0 radical (unpaired) electrons. The number of ketones is 1. The number of halogens is 1. The average molecular weight is 493 g/mol. The topological polar surface area (TPSA) is 78.7 Å². The number of carbonyl (C=O) groups is 2. The van der Waals surface area contributed by atoms with Crippen molar-refractivity contribution in [3.8, 4) is 5.69 Å². The summed E-state index contributed by atoms with van der Waals surface area (Å²) in [7, 11) is 0. The van der Waals surface area contributed by atoms with E-state index in [1.807, 2.05) is 37.3 Å². The van der Waals surface area contributed by atoms with Crippen LogP contribution < -0.4 is 0 Å². The summed E-state index contributed by atoms with van der Waals surface area (Å²) >= 11 is 6.10. The molecule has 1 aromatic heterocycles. The standard InChI is InChI=1S/C27H29ClN4O3/c1-4-30(5-2)15-16-31-24(19-11-13-20(28)14-12-19)23(26(34)27(31)35)25(33)22-17-29-32(18(22)3)21-9-7-6-8-10-21/h6-14,17,24,33H,4-5,15-16H2,1-3H3. The van der Waals surface area contributed by atoms with Crippen LogP contribution in [0.15, 0.2) is 66.4 Å². The first-order chi connectivity index (χ1) is 16.9. The van der Waals surface area contributed by atoms with Gasteiger partial charge in [0.1, 0.15) is 5.76 Å². The Bertz CT molecular complexity index is 1250. The number of amides is 1. The lowest BCUT2D eigenvalue weighted by Crippen LogP contribution is -2.38. The molecule has 0 saturated carbocycles. The van der Waals surface area contributed by atoms with E-state index in [2.05, 4.69) is 23.8 Å². The molecule has 1 fully saturated rings. The molecule has 3 aromatic rings. The second-order valence-electron chi connectivity index (χ2n) is 8.46. The van der Waals surface area contributed by atoms with Crippen LogP contribution in [0.25, 0.3) is 11.4 Å². The summed E-state index contributed by atoms with van der Waals surface area (Å²) in [5, 5.41) is 16.4. The third-order valence-electron chi connectivity index (χ3n) is 6.54. The molecular formula is C27H29ClN4O3. The molecule has 1 aliphatic heterocycles. The van der Waals surface area contributed by atoms with Crippen LogP contribution in [0, 0.1) is 6.92 Å². The average Bonchev–Trinajstić information content (AvgIpc) is 3.38. The number of hydrogen-bond acceptors (Lipinski definition) is 5. The Hall–Kier alpha value is -3.42. The van der Waals surface area contributed by atoms with E-state index in [4.69, 9.17) is 11.6 Å². The molecule has 2 heterocycles. The third kappa shape index (κ3) is 4.74. The molecule has 4 rings (SSSR count). The van der Waals surface area contributed by atoms with Crippen molar-refractivity contribution < 1.29 is 14.7 Å². The number of aromatic nitrogens is 2. The Balaban J connectivity index is 1.81. The number of aliphatic hydroxyl groups is 1. The number of likely N-dealkylation sites (tertiary alicyclic amines) is 1. The fourth-order valence-corrected chi connectivity index (χ4v) is 4.63. The quantitative estimate of drug-likeness (QED) is 0.282. The summed E-state index contributed by atoms with van der Waals surface area (Å²) in [6.07, 6.45) is 1.53. The highest BCUT2D eigenvalue weighted by Crippen LogP contribution is 2.40. The molecule has 1 atom stereocenters. The summed E-state index contributed by atoms with van der Waals surface area (Å²) in [6.45, 7) is 8.59. The molecule has 0 spiro atoms. The van der Waals surface area contributed by atoms with Crippen molar-refractivity contribution in [2.75, 3.05) is 26.2 Å². The van der Waals surface area contributed by atoms with Gasteiger partial charge in [-0.1, -0.05) is 55.8 Å². The van der Waals surface area contributed by atoms with Crippen molar-refractivity contribution in [2.45, 2.75) is 26.8 Å². The predicted octanol–water partition coefficient (Wildman–Crippen LogP) is 4.60. The van der Waals surface area contributed by atoms with E-state index >= 15 is 0 Å². The van der Waals surface area contributed by atoms with Gasteiger partial charge in [0.2, 0.25) is 0 Å². The number of carbonyl (C=O) groups excluding carboxylic acids is 2. The van der Waals surface area contributed by atoms with Crippen molar-refractivity contribution in [2.24, 2.45) is 0 Å². The Kier molecular flexibility index (Phi) is 7.38. The van der Waals surface area contributed by atoms with Crippen molar-refractivity contribution in [1.29, 1.82) is 0 Å². The Morgan fingerprint density at radius 3 is 2.34 bits per heavy atom. The first kappa shape index (κ1) is 24.7. The molecule has 8 heteroatoms. The van der Waals surface area contributed by atoms with Gasteiger partial charge in [-0.2, -0.15) is 5.10 Å². The van der Waals surface area contributed by atoms with Crippen LogP contribution in [-0.2, 0) is 9.59 Å². The van der Waals surface area contributed by atoms with Gasteiger partial charge >= 0.3 is 0 Å². The fraction of sp³-hybridized carbons (Fsp3) is 0.296. The highest BCUT2D eigenvalue weighted by molar-refractivity contribution is 6.46. The van der Waals surface area contributed by atoms with Gasteiger partial charge in [0, 0.05) is 18.1 Å². The van der Waals surface area contributed by atoms with Crippen molar-refractivity contribution >= 4 is 29.1 Å². The number of aliphatic hydroxyl groups excluding tert-OH is 1. The van der Waals surface area contributed by atoms with Crippen molar-refractivity contribution in [3.05, 3.63) is 88.2 Å². The summed E-state index contributed by atoms with van der Waals surface area (Å²) in [4.78, 5) is 30.2. The number of rotatable bonds is 8. The van der Waals surface area contributed by atoms with Gasteiger partial charge in [0.25, 0.3) is 11.7 Å². The lowest BCUT2D eigenvalue weighted by atomic mass is 9.95. The fourth-order valence-electron chi connectivity index (χ4n) is 4.51. The minimum absolute atomic E-state index is 0.0626.